The molecule has 0 radical (unpaired) electrons. The van der Waals surface area contributed by atoms with Gasteiger partial charge in [-0.1, -0.05) is 23.8 Å². The SMILES string of the molecule is Cc1ccc(C)c(CCNCC(C)(C)C#N)c1. The molecule has 1 aromatic rings. The number of nitrogens with one attached hydrogen (secondary N) is 1. The van der Waals surface area contributed by atoms with Crippen molar-refractivity contribution in [3.63, 3.8) is 0 Å². The molecule has 0 spiro atoms. The third kappa shape index (κ3) is 4.58. The monoisotopic (exact) mass is 230 g/mol. The van der Waals surface area contributed by atoms with E-state index >= 15 is 0 Å². The minimum atomic E-state index is -0.276. The van der Waals surface area contributed by atoms with Crippen LogP contribution in [0.1, 0.15) is 30.5 Å². The summed E-state index contributed by atoms with van der Waals surface area (Å²) in [7, 11) is 0. The molecular weight excluding hydrogens is 208 g/mol. The van der Waals surface area contributed by atoms with Crippen molar-refractivity contribution in [1.82, 2.24) is 5.32 Å². The summed E-state index contributed by atoms with van der Waals surface area (Å²) in [5.74, 6) is 0. The number of nitriles is 1. The Morgan fingerprint density at radius 1 is 1.29 bits per heavy atom. The fourth-order valence-electron chi connectivity index (χ4n) is 1.73. The smallest absolute Gasteiger partial charge is 0.0697 e. The van der Waals surface area contributed by atoms with Crippen molar-refractivity contribution in [1.29, 1.82) is 5.26 Å². The molecule has 17 heavy (non-hydrogen) atoms. The second-order valence-electron chi connectivity index (χ2n) is 5.35. The first-order chi connectivity index (χ1) is 7.94. The molecule has 0 aliphatic rings. The van der Waals surface area contributed by atoms with E-state index in [9.17, 15) is 0 Å². The average Bonchev–Trinajstić information content (AvgIpc) is 2.29. The molecule has 2 heteroatoms. The maximum Gasteiger partial charge on any atom is 0.0697 e. The molecule has 0 heterocycles. The molecule has 92 valence electrons. The van der Waals surface area contributed by atoms with Crippen molar-refractivity contribution in [2.24, 2.45) is 5.41 Å². The maximum absolute atomic E-state index is 8.90. The Morgan fingerprint density at radius 2 is 2.00 bits per heavy atom. The van der Waals surface area contributed by atoms with Crippen LogP contribution in [0.25, 0.3) is 0 Å². The molecule has 0 saturated heterocycles. The van der Waals surface area contributed by atoms with Gasteiger partial charge >= 0.3 is 0 Å². The highest BCUT2D eigenvalue weighted by atomic mass is 14.9. The lowest BCUT2D eigenvalue weighted by Gasteiger charge is -2.16. The average molecular weight is 230 g/mol. The van der Waals surface area contributed by atoms with Gasteiger partial charge in [-0.25, -0.2) is 0 Å². The zero-order valence-corrected chi connectivity index (χ0v) is 11.3. The van der Waals surface area contributed by atoms with E-state index in [1.807, 2.05) is 13.8 Å². The van der Waals surface area contributed by atoms with E-state index in [-0.39, 0.29) is 5.41 Å². The Labute approximate surface area is 105 Å². The predicted molar refractivity (Wildman–Crippen MR) is 71.9 cm³/mol. The minimum Gasteiger partial charge on any atom is -0.315 e. The van der Waals surface area contributed by atoms with E-state index in [2.05, 4.69) is 43.4 Å². The fourth-order valence-corrected chi connectivity index (χ4v) is 1.73. The Morgan fingerprint density at radius 3 is 2.65 bits per heavy atom. The lowest BCUT2D eigenvalue weighted by Crippen LogP contribution is -2.29. The van der Waals surface area contributed by atoms with Crippen LogP contribution in [0.15, 0.2) is 18.2 Å². The van der Waals surface area contributed by atoms with Crippen molar-refractivity contribution < 1.29 is 0 Å². The van der Waals surface area contributed by atoms with Crippen molar-refractivity contribution in [3.8, 4) is 6.07 Å². The Kier molecular flexibility index (Phi) is 4.72. The first-order valence-electron chi connectivity index (χ1n) is 6.13. The zero-order valence-electron chi connectivity index (χ0n) is 11.3. The van der Waals surface area contributed by atoms with Gasteiger partial charge in [0.25, 0.3) is 0 Å². The molecule has 0 bridgehead atoms. The number of hydrogen-bond donors (Lipinski definition) is 1. The quantitative estimate of drug-likeness (QED) is 0.789. The van der Waals surface area contributed by atoms with Crippen LogP contribution in [-0.4, -0.2) is 13.1 Å². The van der Waals surface area contributed by atoms with Crippen molar-refractivity contribution >= 4 is 0 Å². The third-order valence-corrected chi connectivity index (χ3v) is 2.95. The van der Waals surface area contributed by atoms with E-state index in [0.29, 0.717) is 0 Å². The molecule has 0 aromatic heterocycles. The molecule has 2 nitrogen and oxygen atoms in total. The van der Waals surface area contributed by atoms with Crippen LogP contribution in [-0.2, 0) is 6.42 Å². The summed E-state index contributed by atoms with van der Waals surface area (Å²) in [6, 6.07) is 8.85. The van der Waals surface area contributed by atoms with Gasteiger partial charge in [-0.2, -0.15) is 5.26 Å². The summed E-state index contributed by atoms with van der Waals surface area (Å²) in [5.41, 5.74) is 3.77. The van der Waals surface area contributed by atoms with Crippen molar-refractivity contribution in [2.45, 2.75) is 34.1 Å². The lowest BCUT2D eigenvalue weighted by atomic mass is 9.96. The third-order valence-electron chi connectivity index (χ3n) is 2.95. The molecule has 1 rings (SSSR count). The molecule has 1 aromatic carbocycles. The maximum atomic E-state index is 8.90. The number of rotatable bonds is 5. The van der Waals surface area contributed by atoms with E-state index in [4.69, 9.17) is 5.26 Å². The van der Waals surface area contributed by atoms with Crippen LogP contribution in [0, 0.1) is 30.6 Å². The number of hydrogen-bond acceptors (Lipinski definition) is 2. The molecule has 0 unspecified atom stereocenters. The number of aryl methyl sites for hydroxylation is 2. The van der Waals surface area contributed by atoms with Gasteiger partial charge in [0, 0.05) is 6.54 Å². The molecule has 0 aliphatic heterocycles. The fraction of sp³-hybridized carbons (Fsp3) is 0.533. The summed E-state index contributed by atoms with van der Waals surface area (Å²) >= 11 is 0. The van der Waals surface area contributed by atoms with Crippen LogP contribution in [0.3, 0.4) is 0 Å². The second kappa shape index (κ2) is 5.84. The first kappa shape index (κ1) is 13.7. The standard InChI is InChI=1S/C15H22N2/c1-12-5-6-13(2)14(9-12)7-8-17-11-15(3,4)10-16/h5-6,9,17H,7-8,11H2,1-4H3. The molecular formula is C15H22N2. The van der Waals surface area contributed by atoms with Gasteiger partial charge in [0.1, 0.15) is 0 Å². The highest BCUT2D eigenvalue weighted by molar-refractivity contribution is 5.30. The zero-order chi connectivity index (χ0) is 12.9. The largest absolute Gasteiger partial charge is 0.315 e. The van der Waals surface area contributed by atoms with Gasteiger partial charge in [-0.15, -0.1) is 0 Å². The normalized spacial score (nSPS) is 11.2. The van der Waals surface area contributed by atoms with Crippen LogP contribution >= 0.6 is 0 Å². The predicted octanol–water partition coefficient (Wildman–Crippen LogP) is 2.99. The minimum absolute atomic E-state index is 0.276. The molecule has 1 N–H and O–H groups in total. The highest BCUT2D eigenvalue weighted by Crippen LogP contribution is 2.12. The van der Waals surface area contributed by atoms with Crippen LogP contribution < -0.4 is 5.32 Å². The van der Waals surface area contributed by atoms with Crippen LogP contribution in [0.4, 0.5) is 0 Å². The van der Waals surface area contributed by atoms with Gasteiger partial charge in [0.2, 0.25) is 0 Å². The van der Waals surface area contributed by atoms with Crippen LogP contribution in [0.5, 0.6) is 0 Å². The molecule has 0 atom stereocenters. The number of benzene rings is 1. The highest BCUT2D eigenvalue weighted by Gasteiger charge is 2.15. The topological polar surface area (TPSA) is 35.8 Å². The van der Waals surface area contributed by atoms with Crippen LogP contribution in [0.2, 0.25) is 0 Å². The summed E-state index contributed by atoms with van der Waals surface area (Å²) in [5, 5.41) is 12.3. The lowest BCUT2D eigenvalue weighted by molar-refractivity contribution is 0.447. The Bertz CT molecular complexity index is 413. The summed E-state index contributed by atoms with van der Waals surface area (Å²) in [6.45, 7) is 9.85. The molecule has 0 aliphatic carbocycles. The van der Waals surface area contributed by atoms with Gasteiger partial charge in [-0.3, -0.25) is 0 Å². The second-order valence-corrected chi connectivity index (χ2v) is 5.35. The molecule has 0 amide bonds. The Balaban J connectivity index is 2.42. The van der Waals surface area contributed by atoms with E-state index in [1.54, 1.807) is 0 Å². The first-order valence-corrected chi connectivity index (χ1v) is 6.13. The number of nitrogens with zero attached hydrogens (tertiary/aromatic N) is 1. The van der Waals surface area contributed by atoms with Gasteiger partial charge in [-0.05, 0) is 51.8 Å². The Hall–Kier alpha value is -1.33. The summed E-state index contributed by atoms with van der Waals surface area (Å²) in [4.78, 5) is 0. The van der Waals surface area contributed by atoms with E-state index in [0.717, 1.165) is 19.5 Å². The van der Waals surface area contributed by atoms with Crippen molar-refractivity contribution in [2.75, 3.05) is 13.1 Å². The summed E-state index contributed by atoms with van der Waals surface area (Å²) < 4.78 is 0. The summed E-state index contributed by atoms with van der Waals surface area (Å²) in [6.07, 6.45) is 1.02. The van der Waals surface area contributed by atoms with Gasteiger partial charge < -0.3 is 5.32 Å². The van der Waals surface area contributed by atoms with E-state index < -0.39 is 0 Å². The van der Waals surface area contributed by atoms with Gasteiger partial charge in [0.15, 0.2) is 0 Å². The molecule has 0 fully saturated rings. The molecule has 0 saturated carbocycles. The van der Waals surface area contributed by atoms with Gasteiger partial charge in [0.05, 0.1) is 11.5 Å². The van der Waals surface area contributed by atoms with Crippen molar-refractivity contribution in [3.05, 3.63) is 34.9 Å². The van der Waals surface area contributed by atoms with E-state index in [1.165, 1.54) is 16.7 Å².